The smallest absolute Gasteiger partial charge is 0.0694 e. The second-order valence-electron chi connectivity index (χ2n) is 3.60. The van der Waals surface area contributed by atoms with Crippen molar-refractivity contribution in [2.75, 3.05) is 13.2 Å². The molecule has 0 radical (unpaired) electrons. The molecule has 0 aliphatic rings. The lowest BCUT2D eigenvalue weighted by atomic mass is 10.1. The first-order valence-corrected chi connectivity index (χ1v) is 5.57. The normalized spacial score (nSPS) is 12.7. The van der Waals surface area contributed by atoms with E-state index in [1.807, 2.05) is 24.5 Å². The summed E-state index contributed by atoms with van der Waals surface area (Å²) in [6.45, 7) is 3.50. The monoisotopic (exact) mass is 208 g/mol. The molecule has 15 heavy (non-hydrogen) atoms. The van der Waals surface area contributed by atoms with Crippen LogP contribution in [-0.2, 0) is 11.2 Å². The van der Waals surface area contributed by atoms with Crippen LogP contribution in [0.2, 0.25) is 0 Å². The van der Waals surface area contributed by atoms with Crippen molar-refractivity contribution in [2.45, 2.75) is 32.3 Å². The van der Waals surface area contributed by atoms with Gasteiger partial charge in [0.15, 0.2) is 0 Å². The van der Waals surface area contributed by atoms with Gasteiger partial charge in [-0.15, -0.1) is 0 Å². The summed E-state index contributed by atoms with van der Waals surface area (Å²) < 4.78 is 5.62. The summed E-state index contributed by atoms with van der Waals surface area (Å²) in [5.74, 6) is 0. The number of hydrogen-bond acceptors (Lipinski definition) is 3. The Kier molecular flexibility index (Phi) is 5.97. The molecule has 1 rings (SSSR count). The number of pyridine rings is 1. The first-order chi connectivity index (χ1) is 7.36. The van der Waals surface area contributed by atoms with Crippen molar-refractivity contribution >= 4 is 0 Å². The molecule has 2 N–H and O–H groups in total. The van der Waals surface area contributed by atoms with Gasteiger partial charge >= 0.3 is 0 Å². The third-order valence-electron chi connectivity index (χ3n) is 2.43. The Hall–Kier alpha value is -0.930. The molecule has 3 nitrogen and oxygen atoms in total. The molecule has 0 amide bonds. The Morgan fingerprint density at radius 1 is 1.40 bits per heavy atom. The van der Waals surface area contributed by atoms with E-state index in [0.717, 1.165) is 25.9 Å². The number of hydrogen-bond donors (Lipinski definition) is 1. The molecule has 0 fully saturated rings. The quantitative estimate of drug-likeness (QED) is 0.695. The Bertz CT molecular complexity index is 247. The Labute approximate surface area is 91.7 Å². The van der Waals surface area contributed by atoms with Gasteiger partial charge in [-0.2, -0.15) is 0 Å². The summed E-state index contributed by atoms with van der Waals surface area (Å²) in [5.41, 5.74) is 6.86. The van der Waals surface area contributed by atoms with Gasteiger partial charge in [0, 0.05) is 25.5 Å². The number of rotatable bonds is 7. The molecule has 1 heterocycles. The van der Waals surface area contributed by atoms with Gasteiger partial charge in [0.25, 0.3) is 0 Å². The van der Waals surface area contributed by atoms with Gasteiger partial charge in [0.05, 0.1) is 6.10 Å². The van der Waals surface area contributed by atoms with Crippen molar-refractivity contribution in [3.63, 3.8) is 0 Å². The fourth-order valence-electron chi connectivity index (χ4n) is 1.43. The van der Waals surface area contributed by atoms with E-state index >= 15 is 0 Å². The molecule has 0 saturated heterocycles. The molecule has 84 valence electrons. The van der Waals surface area contributed by atoms with E-state index in [4.69, 9.17) is 10.5 Å². The zero-order valence-corrected chi connectivity index (χ0v) is 9.36. The van der Waals surface area contributed by atoms with E-state index in [2.05, 4.69) is 11.9 Å². The second kappa shape index (κ2) is 7.37. The molecule has 0 spiro atoms. The van der Waals surface area contributed by atoms with Crippen LogP contribution >= 0.6 is 0 Å². The molecule has 0 aliphatic carbocycles. The molecule has 1 aromatic rings. The average Bonchev–Trinajstić information content (AvgIpc) is 2.31. The number of nitrogens with zero attached hydrogens (tertiary/aromatic N) is 1. The van der Waals surface area contributed by atoms with Crippen molar-refractivity contribution in [2.24, 2.45) is 5.73 Å². The highest BCUT2D eigenvalue weighted by atomic mass is 16.5. The highest BCUT2D eigenvalue weighted by Crippen LogP contribution is 2.03. The van der Waals surface area contributed by atoms with E-state index in [9.17, 15) is 0 Å². The third kappa shape index (κ3) is 4.91. The van der Waals surface area contributed by atoms with Gasteiger partial charge in [0.1, 0.15) is 0 Å². The van der Waals surface area contributed by atoms with Gasteiger partial charge in [-0.3, -0.25) is 4.98 Å². The van der Waals surface area contributed by atoms with Gasteiger partial charge in [0.2, 0.25) is 0 Å². The fourth-order valence-corrected chi connectivity index (χ4v) is 1.43. The Morgan fingerprint density at radius 3 is 2.73 bits per heavy atom. The van der Waals surface area contributed by atoms with Crippen LogP contribution in [0.25, 0.3) is 0 Å². The van der Waals surface area contributed by atoms with Crippen LogP contribution in [0, 0.1) is 0 Å². The van der Waals surface area contributed by atoms with Crippen molar-refractivity contribution < 1.29 is 4.74 Å². The summed E-state index contributed by atoms with van der Waals surface area (Å²) in [6.07, 6.45) is 6.95. The second-order valence-corrected chi connectivity index (χ2v) is 3.60. The summed E-state index contributed by atoms with van der Waals surface area (Å²) in [5, 5.41) is 0. The summed E-state index contributed by atoms with van der Waals surface area (Å²) in [4.78, 5) is 3.98. The first-order valence-electron chi connectivity index (χ1n) is 5.57. The van der Waals surface area contributed by atoms with Crippen molar-refractivity contribution in [3.8, 4) is 0 Å². The third-order valence-corrected chi connectivity index (χ3v) is 2.43. The summed E-state index contributed by atoms with van der Waals surface area (Å²) in [6, 6.07) is 4.08. The summed E-state index contributed by atoms with van der Waals surface area (Å²) >= 11 is 0. The van der Waals surface area contributed by atoms with Crippen LogP contribution in [0.1, 0.15) is 25.3 Å². The number of nitrogens with two attached hydrogens (primary N) is 1. The maximum atomic E-state index is 5.62. The van der Waals surface area contributed by atoms with E-state index in [-0.39, 0.29) is 6.10 Å². The predicted octanol–water partition coefficient (Wildman–Crippen LogP) is 1.77. The maximum absolute atomic E-state index is 5.62. The average molecular weight is 208 g/mol. The lowest BCUT2D eigenvalue weighted by Crippen LogP contribution is -2.23. The first kappa shape index (κ1) is 12.1. The SMILES string of the molecule is CCC(CN)OCCCc1ccncc1. The molecule has 0 bridgehead atoms. The lowest BCUT2D eigenvalue weighted by Gasteiger charge is -2.13. The molecule has 0 saturated carbocycles. The fraction of sp³-hybridized carbons (Fsp3) is 0.583. The largest absolute Gasteiger partial charge is 0.377 e. The van der Waals surface area contributed by atoms with E-state index < -0.39 is 0 Å². The topological polar surface area (TPSA) is 48.1 Å². The standard InChI is InChI=1S/C12H20N2O/c1-2-12(10-13)15-9-3-4-11-5-7-14-8-6-11/h5-8,12H,2-4,9-10,13H2,1H3. The highest BCUT2D eigenvalue weighted by molar-refractivity contribution is 5.09. The van der Waals surface area contributed by atoms with E-state index in [1.165, 1.54) is 5.56 Å². The molecule has 1 atom stereocenters. The van der Waals surface area contributed by atoms with Crippen molar-refractivity contribution in [1.29, 1.82) is 0 Å². The molecule has 3 heteroatoms. The zero-order chi connectivity index (χ0) is 10.9. The Morgan fingerprint density at radius 2 is 2.13 bits per heavy atom. The number of ether oxygens (including phenoxy) is 1. The van der Waals surface area contributed by atoms with Crippen molar-refractivity contribution in [3.05, 3.63) is 30.1 Å². The minimum atomic E-state index is 0.224. The molecule has 1 aromatic heterocycles. The maximum Gasteiger partial charge on any atom is 0.0694 e. The van der Waals surface area contributed by atoms with Gasteiger partial charge in [-0.25, -0.2) is 0 Å². The van der Waals surface area contributed by atoms with Crippen LogP contribution in [0.15, 0.2) is 24.5 Å². The van der Waals surface area contributed by atoms with E-state index in [1.54, 1.807) is 0 Å². The molecular weight excluding hydrogens is 188 g/mol. The van der Waals surface area contributed by atoms with Gasteiger partial charge < -0.3 is 10.5 Å². The van der Waals surface area contributed by atoms with Crippen LogP contribution in [0.5, 0.6) is 0 Å². The lowest BCUT2D eigenvalue weighted by molar-refractivity contribution is 0.0552. The predicted molar refractivity (Wildman–Crippen MR) is 61.6 cm³/mol. The molecule has 1 unspecified atom stereocenters. The molecular formula is C12H20N2O. The number of aryl methyl sites for hydroxylation is 1. The highest BCUT2D eigenvalue weighted by Gasteiger charge is 2.02. The van der Waals surface area contributed by atoms with E-state index in [0.29, 0.717) is 6.54 Å². The van der Waals surface area contributed by atoms with Gasteiger partial charge in [-0.05, 0) is 37.0 Å². The Balaban J connectivity index is 2.12. The van der Waals surface area contributed by atoms with Crippen molar-refractivity contribution in [1.82, 2.24) is 4.98 Å². The minimum Gasteiger partial charge on any atom is -0.377 e. The molecule has 0 aromatic carbocycles. The van der Waals surface area contributed by atoms with Crippen LogP contribution in [0.3, 0.4) is 0 Å². The molecule has 0 aliphatic heterocycles. The van der Waals surface area contributed by atoms with Gasteiger partial charge in [-0.1, -0.05) is 6.92 Å². The van der Waals surface area contributed by atoms with Crippen LogP contribution < -0.4 is 5.73 Å². The van der Waals surface area contributed by atoms with Crippen LogP contribution in [-0.4, -0.2) is 24.2 Å². The summed E-state index contributed by atoms with van der Waals surface area (Å²) in [7, 11) is 0. The number of aromatic nitrogens is 1. The zero-order valence-electron chi connectivity index (χ0n) is 9.36. The minimum absolute atomic E-state index is 0.224. The van der Waals surface area contributed by atoms with Crippen LogP contribution in [0.4, 0.5) is 0 Å².